The van der Waals surface area contributed by atoms with Crippen molar-refractivity contribution in [2.45, 2.75) is 19.5 Å². The van der Waals surface area contributed by atoms with E-state index in [2.05, 4.69) is 15.3 Å². The second kappa shape index (κ2) is 7.32. The van der Waals surface area contributed by atoms with E-state index in [0.717, 1.165) is 12.1 Å². The highest BCUT2D eigenvalue weighted by molar-refractivity contribution is 7.13. The fourth-order valence-corrected chi connectivity index (χ4v) is 3.64. The lowest BCUT2D eigenvalue weighted by Crippen LogP contribution is -2.14. The van der Waals surface area contributed by atoms with Gasteiger partial charge in [0.05, 0.1) is 17.7 Å². The van der Waals surface area contributed by atoms with Gasteiger partial charge < -0.3 is 9.73 Å². The predicted octanol–water partition coefficient (Wildman–Crippen LogP) is 5.46. The standard InChI is InChI=1S/C20H14F3N3O2S/c1-11-24-16-7-6-14(8-17(16)28-11)25-18(27)9-15-10-29-19(26-15)12-2-4-13(5-3-12)20(21,22)23/h2-8,10H,9H2,1H3,(H,25,27). The third-order valence-corrected chi connectivity index (χ3v) is 5.07. The van der Waals surface area contributed by atoms with Gasteiger partial charge in [-0.25, -0.2) is 9.97 Å². The van der Waals surface area contributed by atoms with E-state index < -0.39 is 11.7 Å². The molecule has 0 bridgehead atoms. The van der Waals surface area contributed by atoms with E-state index in [-0.39, 0.29) is 12.3 Å². The third kappa shape index (κ3) is 4.29. The highest BCUT2D eigenvalue weighted by atomic mass is 32.1. The molecule has 29 heavy (non-hydrogen) atoms. The first-order valence-electron chi connectivity index (χ1n) is 8.57. The van der Waals surface area contributed by atoms with Gasteiger partial charge in [0.1, 0.15) is 10.5 Å². The largest absolute Gasteiger partial charge is 0.441 e. The number of anilines is 1. The van der Waals surface area contributed by atoms with Crippen LogP contribution < -0.4 is 5.32 Å². The number of fused-ring (bicyclic) bond motifs is 1. The Bertz CT molecular complexity index is 1180. The number of aromatic nitrogens is 2. The molecule has 148 valence electrons. The van der Waals surface area contributed by atoms with E-state index in [1.807, 2.05) is 0 Å². The minimum Gasteiger partial charge on any atom is -0.441 e. The molecule has 1 N–H and O–H groups in total. The summed E-state index contributed by atoms with van der Waals surface area (Å²) in [6.07, 6.45) is -4.33. The Kier molecular flexibility index (Phi) is 4.83. The van der Waals surface area contributed by atoms with Crippen LogP contribution in [0.2, 0.25) is 0 Å². The van der Waals surface area contributed by atoms with E-state index >= 15 is 0 Å². The molecule has 5 nitrogen and oxygen atoms in total. The Balaban J connectivity index is 1.43. The number of amides is 1. The Labute approximate surface area is 167 Å². The fraction of sp³-hybridized carbons (Fsp3) is 0.150. The van der Waals surface area contributed by atoms with Crippen molar-refractivity contribution < 1.29 is 22.4 Å². The van der Waals surface area contributed by atoms with Crippen LogP contribution in [0.25, 0.3) is 21.7 Å². The zero-order valence-corrected chi connectivity index (χ0v) is 15.9. The first-order chi connectivity index (χ1) is 13.8. The smallest absolute Gasteiger partial charge is 0.416 e. The molecule has 0 saturated carbocycles. The fourth-order valence-electron chi connectivity index (χ4n) is 2.81. The molecule has 1 amide bonds. The topological polar surface area (TPSA) is 68.0 Å². The molecule has 0 aliphatic carbocycles. The van der Waals surface area contributed by atoms with E-state index in [1.54, 1.807) is 30.5 Å². The molecule has 2 heterocycles. The molecular formula is C20H14F3N3O2S. The molecule has 4 rings (SSSR count). The second-order valence-electron chi connectivity index (χ2n) is 6.36. The summed E-state index contributed by atoms with van der Waals surface area (Å²) in [5, 5.41) is 5.05. The van der Waals surface area contributed by atoms with Gasteiger partial charge in [0.15, 0.2) is 11.5 Å². The van der Waals surface area contributed by atoms with Crippen LogP contribution in [0.3, 0.4) is 0 Å². The van der Waals surface area contributed by atoms with Crippen molar-refractivity contribution in [2.75, 3.05) is 5.32 Å². The summed E-state index contributed by atoms with van der Waals surface area (Å²) < 4.78 is 43.5. The van der Waals surface area contributed by atoms with Crippen molar-refractivity contribution in [2.24, 2.45) is 0 Å². The zero-order chi connectivity index (χ0) is 20.6. The summed E-state index contributed by atoms with van der Waals surface area (Å²) >= 11 is 1.27. The third-order valence-electron chi connectivity index (χ3n) is 4.13. The minimum atomic E-state index is -4.38. The van der Waals surface area contributed by atoms with E-state index in [0.29, 0.717) is 38.9 Å². The van der Waals surface area contributed by atoms with Crippen LogP contribution in [0.5, 0.6) is 0 Å². The number of alkyl halides is 3. The maximum atomic E-state index is 12.7. The van der Waals surface area contributed by atoms with Crippen molar-refractivity contribution in [1.82, 2.24) is 9.97 Å². The molecule has 9 heteroatoms. The van der Waals surface area contributed by atoms with Crippen molar-refractivity contribution in [3.8, 4) is 10.6 Å². The first-order valence-corrected chi connectivity index (χ1v) is 9.45. The number of carbonyl (C=O) groups excluding carboxylic acids is 1. The Hall–Kier alpha value is -3.20. The molecule has 0 aliphatic rings. The molecule has 0 aliphatic heterocycles. The number of thiazole rings is 1. The van der Waals surface area contributed by atoms with Crippen LogP contribution >= 0.6 is 11.3 Å². The summed E-state index contributed by atoms with van der Waals surface area (Å²) in [4.78, 5) is 20.9. The van der Waals surface area contributed by atoms with Crippen molar-refractivity contribution in [3.05, 3.63) is 65.0 Å². The lowest BCUT2D eigenvalue weighted by molar-refractivity contribution is -0.137. The van der Waals surface area contributed by atoms with E-state index in [9.17, 15) is 18.0 Å². The lowest BCUT2D eigenvalue weighted by Gasteiger charge is -2.06. The second-order valence-corrected chi connectivity index (χ2v) is 7.22. The number of aryl methyl sites for hydroxylation is 1. The van der Waals surface area contributed by atoms with Crippen LogP contribution in [0, 0.1) is 6.92 Å². The maximum Gasteiger partial charge on any atom is 0.416 e. The minimum absolute atomic E-state index is 0.0462. The molecule has 0 spiro atoms. The molecule has 0 radical (unpaired) electrons. The van der Waals surface area contributed by atoms with Gasteiger partial charge in [-0.2, -0.15) is 13.2 Å². The molecule has 2 aromatic carbocycles. The van der Waals surface area contributed by atoms with E-state index in [1.165, 1.54) is 23.5 Å². The number of hydrogen-bond acceptors (Lipinski definition) is 5. The zero-order valence-electron chi connectivity index (χ0n) is 15.1. The highest BCUT2D eigenvalue weighted by Gasteiger charge is 2.30. The molecule has 0 fully saturated rings. The molecule has 0 unspecified atom stereocenters. The average molecular weight is 417 g/mol. The molecule has 2 aromatic heterocycles. The average Bonchev–Trinajstić information content (AvgIpc) is 3.26. The van der Waals surface area contributed by atoms with Gasteiger partial charge in [0, 0.05) is 29.6 Å². The maximum absolute atomic E-state index is 12.7. The highest BCUT2D eigenvalue weighted by Crippen LogP contribution is 2.32. The predicted molar refractivity (Wildman–Crippen MR) is 104 cm³/mol. The van der Waals surface area contributed by atoms with Gasteiger partial charge in [-0.3, -0.25) is 4.79 Å². The summed E-state index contributed by atoms with van der Waals surface area (Å²) in [6, 6.07) is 9.97. The van der Waals surface area contributed by atoms with Crippen LogP contribution in [0.1, 0.15) is 17.1 Å². The van der Waals surface area contributed by atoms with Crippen molar-refractivity contribution in [3.63, 3.8) is 0 Å². The number of hydrogen-bond donors (Lipinski definition) is 1. The van der Waals surface area contributed by atoms with Gasteiger partial charge in [0.2, 0.25) is 5.91 Å². The van der Waals surface area contributed by atoms with Crippen molar-refractivity contribution >= 4 is 34.0 Å². The van der Waals surface area contributed by atoms with Gasteiger partial charge >= 0.3 is 6.18 Å². The summed E-state index contributed by atoms with van der Waals surface area (Å²) in [5.74, 6) is 0.284. The Morgan fingerprint density at radius 1 is 1.14 bits per heavy atom. The van der Waals surface area contributed by atoms with Gasteiger partial charge in [-0.15, -0.1) is 11.3 Å². The quantitative estimate of drug-likeness (QED) is 0.479. The van der Waals surface area contributed by atoms with Gasteiger partial charge in [-0.1, -0.05) is 12.1 Å². The van der Waals surface area contributed by atoms with Gasteiger partial charge in [-0.05, 0) is 24.3 Å². The number of oxazole rings is 1. The van der Waals surface area contributed by atoms with Crippen molar-refractivity contribution in [1.29, 1.82) is 0 Å². The van der Waals surface area contributed by atoms with E-state index in [4.69, 9.17) is 4.42 Å². The van der Waals surface area contributed by atoms with Crippen LogP contribution in [0.4, 0.5) is 18.9 Å². The van der Waals surface area contributed by atoms with Gasteiger partial charge in [0.25, 0.3) is 0 Å². The summed E-state index contributed by atoms with van der Waals surface area (Å²) in [7, 11) is 0. The Morgan fingerprint density at radius 2 is 1.90 bits per heavy atom. The van der Waals surface area contributed by atoms with Crippen LogP contribution in [0.15, 0.2) is 52.3 Å². The number of nitrogens with zero attached hydrogens (tertiary/aromatic N) is 2. The molecule has 0 atom stereocenters. The number of halogens is 3. The number of benzene rings is 2. The molecule has 0 saturated heterocycles. The summed E-state index contributed by atoms with van der Waals surface area (Å²) in [6.45, 7) is 1.74. The normalized spacial score (nSPS) is 11.7. The number of carbonyl (C=O) groups is 1. The Morgan fingerprint density at radius 3 is 2.62 bits per heavy atom. The first kappa shape index (κ1) is 19.1. The number of nitrogens with one attached hydrogen (secondary N) is 1. The molecular weight excluding hydrogens is 403 g/mol. The monoisotopic (exact) mass is 417 g/mol. The molecule has 4 aromatic rings. The SMILES string of the molecule is Cc1nc2ccc(NC(=O)Cc3csc(-c4ccc(C(F)(F)F)cc4)n3)cc2o1. The number of rotatable bonds is 4. The summed E-state index contributed by atoms with van der Waals surface area (Å²) in [5.41, 5.74) is 2.27. The lowest BCUT2D eigenvalue weighted by atomic mass is 10.1. The van der Waals surface area contributed by atoms with Crippen LogP contribution in [-0.2, 0) is 17.4 Å². The van der Waals surface area contributed by atoms with Crippen LogP contribution in [-0.4, -0.2) is 15.9 Å².